The second-order valence-electron chi connectivity index (χ2n) is 14.6. The predicted octanol–water partition coefficient (Wildman–Crippen LogP) is 15.2. The highest BCUT2D eigenvalue weighted by Gasteiger charge is 2.16. The van der Waals surface area contributed by atoms with E-state index in [9.17, 15) is 5.11 Å². The van der Waals surface area contributed by atoms with Crippen LogP contribution in [-0.2, 0) is 0 Å². The van der Waals surface area contributed by atoms with Crippen LogP contribution in [0.1, 0.15) is 5.56 Å². The van der Waals surface area contributed by atoms with E-state index < -0.39 is 0 Å². The number of phenols is 1. The highest BCUT2D eigenvalue weighted by molar-refractivity contribution is 6.25. The van der Waals surface area contributed by atoms with Gasteiger partial charge in [-0.25, -0.2) is 0 Å². The summed E-state index contributed by atoms with van der Waals surface area (Å²) in [5, 5.41) is 19.6. The second-order valence-corrected chi connectivity index (χ2v) is 14.6. The summed E-state index contributed by atoms with van der Waals surface area (Å²) in [4.78, 5) is 0. The molecule has 0 atom stereocenters. The Morgan fingerprint density at radius 2 is 0.625 bits per heavy atom. The Morgan fingerprint density at radius 3 is 1.27 bits per heavy atom. The van der Waals surface area contributed by atoms with Crippen LogP contribution < -0.4 is 0 Å². The average Bonchev–Trinajstić information content (AvgIpc) is 3.27. The van der Waals surface area contributed by atoms with E-state index in [4.69, 9.17) is 0 Å². The molecule has 0 radical (unpaired) electrons. The fraction of sp³-hybridized carbons (Fsp3) is 0.0182. The van der Waals surface area contributed by atoms with E-state index in [0.29, 0.717) is 0 Å². The van der Waals surface area contributed by atoms with Gasteiger partial charge in [-0.15, -0.1) is 0 Å². The molecule has 0 fully saturated rings. The summed E-state index contributed by atoms with van der Waals surface area (Å²) < 4.78 is 0. The second kappa shape index (κ2) is 13.9. The lowest BCUT2D eigenvalue weighted by atomic mass is 9.89. The lowest BCUT2D eigenvalue weighted by molar-refractivity contribution is 0.479. The van der Waals surface area contributed by atoms with E-state index in [0.717, 1.165) is 50.1 Å². The van der Waals surface area contributed by atoms with Crippen molar-refractivity contribution in [1.29, 1.82) is 0 Å². The maximum atomic E-state index is 11.9. The molecule has 0 amide bonds. The molecule has 0 saturated carbocycles. The molecule has 264 valence electrons. The predicted molar refractivity (Wildman–Crippen MR) is 238 cm³/mol. The Labute approximate surface area is 327 Å². The summed E-state index contributed by atoms with van der Waals surface area (Å²) >= 11 is 0. The van der Waals surface area contributed by atoms with Crippen molar-refractivity contribution < 1.29 is 5.11 Å². The van der Waals surface area contributed by atoms with Gasteiger partial charge in [-0.2, -0.15) is 0 Å². The zero-order valence-corrected chi connectivity index (χ0v) is 31.1. The maximum absolute atomic E-state index is 11.9. The third-order valence-corrected chi connectivity index (χ3v) is 11.4. The molecule has 0 bridgehead atoms. The van der Waals surface area contributed by atoms with Crippen molar-refractivity contribution in [2.45, 2.75) is 6.92 Å². The number of phenolic OH excluding ortho intramolecular Hbond substituents is 1. The van der Waals surface area contributed by atoms with Crippen LogP contribution in [0.4, 0.5) is 0 Å². The van der Waals surface area contributed by atoms with Crippen molar-refractivity contribution in [3.63, 3.8) is 0 Å². The summed E-state index contributed by atoms with van der Waals surface area (Å²) in [6.07, 6.45) is 0. The van der Waals surface area contributed by atoms with E-state index in [-0.39, 0.29) is 5.75 Å². The van der Waals surface area contributed by atoms with Crippen molar-refractivity contribution in [2.24, 2.45) is 0 Å². The zero-order valence-electron chi connectivity index (χ0n) is 31.1. The first kappa shape index (κ1) is 33.4. The highest BCUT2D eigenvalue weighted by atomic mass is 16.3. The molecule has 0 aliphatic carbocycles. The van der Waals surface area contributed by atoms with Crippen LogP contribution >= 0.6 is 0 Å². The van der Waals surface area contributed by atoms with Crippen LogP contribution in [0.3, 0.4) is 0 Å². The fourth-order valence-corrected chi connectivity index (χ4v) is 8.54. The minimum Gasteiger partial charge on any atom is -0.507 e. The van der Waals surface area contributed by atoms with Crippen LogP contribution in [0.5, 0.6) is 5.75 Å². The average molecular weight is 715 g/mol. The van der Waals surface area contributed by atoms with Gasteiger partial charge in [0.15, 0.2) is 0 Å². The Morgan fingerprint density at radius 1 is 0.250 bits per heavy atom. The Kier molecular flexibility index (Phi) is 8.27. The van der Waals surface area contributed by atoms with Crippen molar-refractivity contribution in [2.75, 3.05) is 0 Å². The lowest BCUT2D eigenvalue weighted by Crippen LogP contribution is -1.91. The van der Waals surface area contributed by atoms with Gasteiger partial charge in [0.25, 0.3) is 0 Å². The van der Waals surface area contributed by atoms with E-state index in [2.05, 4.69) is 189 Å². The minimum absolute atomic E-state index is 0.286. The summed E-state index contributed by atoms with van der Waals surface area (Å²) in [5.74, 6) is 0.286. The fourth-order valence-electron chi connectivity index (χ4n) is 8.54. The van der Waals surface area contributed by atoms with Gasteiger partial charge in [0.05, 0.1) is 0 Å². The molecule has 10 rings (SSSR count). The molecule has 10 aromatic carbocycles. The molecule has 0 aliphatic heterocycles. The molecular weight excluding hydrogens is 677 g/mol. The van der Waals surface area contributed by atoms with E-state index in [1.807, 2.05) is 24.3 Å². The van der Waals surface area contributed by atoms with Crippen LogP contribution in [0.2, 0.25) is 0 Å². The number of aromatic hydroxyl groups is 1. The van der Waals surface area contributed by atoms with E-state index in [1.165, 1.54) is 54.6 Å². The van der Waals surface area contributed by atoms with Crippen LogP contribution in [0.15, 0.2) is 206 Å². The van der Waals surface area contributed by atoms with Crippen LogP contribution in [-0.4, -0.2) is 5.11 Å². The summed E-state index contributed by atoms with van der Waals surface area (Å²) in [6, 6.07) is 73.2. The first-order valence-electron chi connectivity index (χ1n) is 19.2. The Bertz CT molecular complexity index is 3050. The first-order valence-corrected chi connectivity index (χ1v) is 19.2. The molecular formula is C55H38O. The Hall–Kier alpha value is -7.22. The molecule has 56 heavy (non-hydrogen) atoms. The van der Waals surface area contributed by atoms with Crippen molar-refractivity contribution >= 4 is 32.3 Å². The van der Waals surface area contributed by atoms with Crippen molar-refractivity contribution in [3.8, 4) is 72.5 Å². The number of hydrogen-bond donors (Lipinski definition) is 1. The van der Waals surface area contributed by atoms with Gasteiger partial charge in [0.1, 0.15) is 5.75 Å². The smallest absolute Gasteiger partial charge is 0.131 e. The third-order valence-electron chi connectivity index (χ3n) is 11.4. The molecule has 1 N–H and O–H groups in total. The third kappa shape index (κ3) is 5.82. The largest absolute Gasteiger partial charge is 0.507 e. The van der Waals surface area contributed by atoms with Gasteiger partial charge < -0.3 is 5.11 Å². The number of rotatable bonds is 6. The lowest BCUT2D eigenvalue weighted by Gasteiger charge is -2.16. The van der Waals surface area contributed by atoms with Crippen LogP contribution in [0.25, 0.3) is 99.1 Å². The van der Waals surface area contributed by atoms with Gasteiger partial charge >= 0.3 is 0 Å². The summed E-state index contributed by atoms with van der Waals surface area (Å²) in [6.45, 7) is 2.16. The zero-order chi connectivity index (χ0) is 37.6. The van der Waals surface area contributed by atoms with Gasteiger partial charge in [-0.1, -0.05) is 188 Å². The van der Waals surface area contributed by atoms with Crippen LogP contribution in [0, 0.1) is 6.92 Å². The molecule has 10 aromatic rings. The van der Waals surface area contributed by atoms with E-state index >= 15 is 0 Å². The standard InChI is InChI=1S/C55H38O/c1-36-45(43-17-10-16-41(34-43)42-31-32-52-50-21-6-5-19-48(50)49-20-7-8-22-51(49)54(52)35-42)23-11-24-46(36)53-26-12-25-47(55(53)56)44-18-9-15-40(33-44)39-29-27-38(28-30-39)37-13-3-2-4-14-37/h2-35,56H,1H3. The number of hydrogen-bond acceptors (Lipinski definition) is 1. The summed E-state index contributed by atoms with van der Waals surface area (Å²) in [7, 11) is 0. The molecule has 0 aliphatic rings. The Balaban J connectivity index is 0.995. The number of benzene rings is 10. The molecule has 0 aromatic heterocycles. The molecule has 1 nitrogen and oxygen atoms in total. The topological polar surface area (TPSA) is 20.2 Å². The molecule has 0 heterocycles. The number of para-hydroxylation sites is 1. The SMILES string of the molecule is Cc1c(-c2cccc(-c3ccc4c5ccccc5c5ccccc5c4c3)c2)cccc1-c1cccc(-c2cccc(-c3ccc(-c4ccccc4)cc3)c2)c1O. The maximum Gasteiger partial charge on any atom is 0.131 e. The molecule has 1 heteroatoms. The molecule has 0 unspecified atom stereocenters. The summed E-state index contributed by atoms with van der Waals surface area (Å²) in [5.41, 5.74) is 14.1. The first-order chi connectivity index (χ1) is 27.6. The quantitative estimate of drug-likeness (QED) is 0.170. The minimum atomic E-state index is 0.286. The van der Waals surface area contributed by atoms with Gasteiger partial charge in [-0.05, 0) is 119 Å². The molecule has 0 saturated heterocycles. The van der Waals surface area contributed by atoms with Crippen molar-refractivity contribution in [1.82, 2.24) is 0 Å². The molecule has 0 spiro atoms. The normalized spacial score (nSPS) is 11.4. The van der Waals surface area contributed by atoms with Gasteiger partial charge in [0, 0.05) is 11.1 Å². The number of fused-ring (bicyclic) bond motifs is 6. The highest BCUT2D eigenvalue weighted by Crippen LogP contribution is 2.43. The van der Waals surface area contributed by atoms with Gasteiger partial charge in [0.2, 0.25) is 0 Å². The van der Waals surface area contributed by atoms with Gasteiger partial charge in [-0.3, -0.25) is 0 Å². The van der Waals surface area contributed by atoms with Crippen molar-refractivity contribution in [3.05, 3.63) is 212 Å². The van der Waals surface area contributed by atoms with E-state index in [1.54, 1.807) is 0 Å². The monoisotopic (exact) mass is 714 g/mol.